The Morgan fingerprint density at radius 1 is 0.681 bits per heavy atom. The minimum absolute atomic E-state index is 0.0302. The van der Waals surface area contributed by atoms with E-state index in [1.807, 2.05) is 13.0 Å². The zero-order valence-electron chi connectivity index (χ0n) is 29.2. The van der Waals surface area contributed by atoms with Crippen LogP contribution in [0.1, 0.15) is 142 Å². The minimum atomic E-state index is -4.40. The average molecular weight is 690 g/mol. The Balaban J connectivity index is 4.28. The van der Waals surface area contributed by atoms with Crippen molar-refractivity contribution >= 4 is 25.7 Å². The van der Waals surface area contributed by atoms with Crippen LogP contribution in [0.5, 0.6) is 0 Å². The highest BCUT2D eigenvalue weighted by Crippen LogP contribution is 2.43. The topological polar surface area (TPSA) is 161 Å². The van der Waals surface area contributed by atoms with Crippen LogP contribution in [-0.2, 0) is 42.2 Å². The lowest BCUT2D eigenvalue weighted by molar-refractivity contribution is -0.161. The van der Waals surface area contributed by atoms with Gasteiger partial charge >= 0.3 is 25.7 Å². The molecule has 0 radical (unpaired) electrons. The largest absolute Gasteiger partial charge is 0.472 e. The first kappa shape index (κ1) is 45.0. The zero-order valence-corrected chi connectivity index (χ0v) is 30.1. The van der Waals surface area contributed by atoms with Gasteiger partial charge in [-0.1, -0.05) is 121 Å². The Hall–Kier alpha value is -2.04. The summed E-state index contributed by atoms with van der Waals surface area (Å²) < 4.78 is 37.6. The molecule has 0 aromatic carbocycles. The first-order valence-electron chi connectivity index (χ1n) is 17.9. The molecular formula is C35H64NO10P. The van der Waals surface area contributed by atoms with Gasteiger partial charge in [0.1, 0.15) is 6.61 Å². The van der Waals surface area contributed by atoms with Gasteiger partial charge in [0, 0.05) is 25.5 Å². The number of esters is 3. The molecule has 47 heavy (non-hydrogen) atoms. The van der Waals surface area contributed by atoms with Crippen molar-refractivity contribution in [3.63, 3.8) is 0 Å². The number of rotatable bonds is 33. The van der Waals surface area contributed by atoms with Gasteiger partial charge in [-0.2, -0.15) is 0 Å². The number of phosphoric acid groups is 1. The van der Waals surface area contributed by atoms with Crippen LogP contribution in [0.4, 0.5) is 0 Å². The maximum absolute atomic E-state index is 12.5. The number of ether oxygens (including phenoxy) is 3. The Kier molecular flexibility index (Phi) is 31.1. The van der Waals surface area contributed by atoms with Gasteiger partial charge in [0.25, 0.3) is 0 Å². The maximum Gasteiger partial charge on any atom is 0.472 e. The molecule has 0 rings (SSSR count). The molecule has 0 aliphatic heterocycles. The molecule has 3 N–H and O–H groups in total. The quantitative estimate of drug-likeness (QED) is 0.0171. The van der Waals surface area contributed by atoms with Crippen LogP contribution in [0, 0.1) is 0 Å². The number of carbonyl (C=O) groups excluding carboxylic acids is 3. The molecule has 2 atom stereocenters. The van der Waals surface area contributed by atoms with Gasteiger partial charge in [-0.05, 0) is 26.2 Å². The molecular weight excluding hydrogens is 625 g/mol. The van der Waals surface area contributed by atoms with Crippen molar-refractivity contribution in [2.75, 3.05) is 33.0 Å². The third kappa shape index (κ3) is 32.3. The summed E-state index contributed by atoms with van der Waals surface area (Å²) >= 11 is 0. The van der Waals surface area contributed by atoms with E-state index in [4.69, 9.17) is 29.0 Å². The van der Waals surface area contributed by atoms with Gasteiger partial charge in [-0.3, -0.25) is 18.6 Å². The molecule has 0 bridgehead atoms. The molecule has 0 heterocycles. The lowest BCUT2D eigenvalue weighted by Gasteiger charge is -2.19. The lowest BCUT2D eigenvalue weighted by Crippen LogP contribution is -2.29. The van der Waals surface area contributed by atoms with Crippen LogP contribution in [0.15, 0.2) is 24.3 Å². The van der Waals surface area contributed by atoms with E-state index >= 15 is 0 Å². The fraction of sp³-hybridized carbons (Fsp3) is 0.800. The van der Waals surface area contributed by atoms with E-state index in [9.17, 15) is 23.8 Å². The van der Waals surface area contributed by atoms with Crippen molar-refractivity contribution in [2.45, 2.75) is 148 Å². The van der Waals surface area contributed by atoms with E-state index in [1.54, 1.807) is 12.2 Å². The summed E-state index contributed by atoms with van der Waals surface area (Å²) in [5.41, 5.74) is 5.31. The third-order valence-corrected chi connectivity index (χ3v) is 8.30. The van der Waals surface area contributed by atoms with E-state index in [0.717, 1.165) is 44.9 Å². The van der Waals surface area contributed by atoms with E-state index in [1.165, 1.54) is 63.9 Å². The van der Waals surface area contributed by atoms with E-state index in [2.05, 4.69) is 6.92 Å². The Labute approximate surface area is 284 Å². The van der Waals surface area contributed by atoms with Crippen LogP contribution in [0.3, 0.4) is 0 Å². The number of hydrogen-bond acceptors (Lipinski definition) is 10. The van der Waals surface area contributed by atoms with Crippen molar-refractivity contribution in [1.82, 2.24) is 0 Å². The highest BCUT2D eigenvalue weighted by atomic mass is 31.2. The molecule has 0 aliphatic rings. The predicted molar refractivity (Wildman–Crippen MR) is 185 cm³/mol. The standard InChI is InChI=1S/C35H64NO10P/c1-3-5-7-8-9-10-11-12-13-14-15-17-21-25-34(38)43-30-32(31-45-47(40,41)44-29-27-36)46-35(39)26-22-18-16-19-23-28-42-33(37)24-20-6-4-2/h4,6,20,24,32H,3,5,7-19,21-23,25-31,36H2,1-2H3,(H,40,41)/b6-4+,24-20+/t32-/m1/s1. The normalized spacial score (nSPS) is 13.5. The van der Waals surface area contributed by atoms with Gasteiger partial charge in [0.15, 0.2) is 6.10 Å². The van der Waals surface area contributed by atoms with E-state index in [-0.39, 0.29) is 38.6 Å². The monoisotopic (exact) mass is 689 g/mol. The summed E-state index contributed by atoms with van der Waals surface area (Å²) in [6.07, 6.45) is 25.4. The summed E-state index contributed by atoms with van der Waals surface area (Å²) in [5.74, 6) is -1.32. The molecule has 0 fully saturated rings. The van der Waals surface area contributed by atoms with Gasteiger partial charge in [0.05, 0.1) is 19.8 Å². The van der Waals surface area contributed by atoms with Crippen molar-refractivity contribution in [1.29, 1.82) is 0 Å². The summed E-state index contributed by atoms with van der Waals surface area (Å²) in [5, 5.41) is 0. The number of phosphoric ester groups is 1. The summed E-state index contributed by atoms with van der Waals surface area (Å²) in [4.78, 5) is 46.1. The molecule has 0 spiro atoms. The van der Waals surface area contributed by atoms with Crippen LogP contribution in [0.2, 0.25) is 0 Å². The van der Waals surface area contributed by atoms with Crippen molar-refractivity contribution < 1.29 is 47.1 Å². The molecule has 0 saturated carbocycles. The van der Waals surface area contributed by atoms with Gasteiger partial charge < -0.3 is 24.8 Å². The van der Waals surface area contributed by atoms with Crippen LogP contribution < -0.4 is 5.73 Å². The fourth-order valence-corrected chi connectivity index (χ4v) is 5.42. The summed E-state index contributed by atoms with van der Waals surface area (Å²) in [6, 6.07) is 0. The highest BCUT2D eigenvalue weighted by Gasteiger charge is 2.26. The summed E-state index contributed by atoms with van der Waals surface area (Å²) in [7, 11) is -4.40. The zero-order chi connectivity index (χ0) is 34.9. The second-order valence-electron chi connectivity index (χ2n) is 11.7. The van der Waals surface area contributed by atoms with Crippen LogP contribution >= 0.6 is 7.82 Å². The van der Waals surface area contributed by atoms with Crippen LogP contribution in [-0.4, -0.2) is 61.9 Å². The summed E-state index contributed by atoms with van der Waals surface area (Å²) in [6.45, 7) is 3.52. The van der Waals surface area contributed by atoms with E-state index in [0.29, 0.717) is 19.4 Å². The molecule has 0 aromatic rings. The second kappa shape index (κ2) is 32.5. The van der Waals surface area contributed by atoms with Crippen molar-refractivity contribution in [3.8, 4) is 0 Å². The average Bonchev–Trinajstić information content (AvgIpc) is 3.05. The Morgan fingerprint density at radius 2 is 1.21 bits per heavy atom. The minimum Gasteiger partial charge on any atom is -0.463 e. The maximum atomic E-state index is 12.5. The second-order valence-corrected chi connectivity index (χ2v) is 13.2. The molecule has 0 aliphatic carbocycles. The van der Waals surface area contributed by atoms with Crippen molar-refractivity contribution in [3.05, 3.63) is 24.3 Å². The number of hydrogen-bond donors (Lipinski definition) is 2. The van der Waals surface area contributed by atoms with Gasteiger partial charge in [-0.15, -0.1) is 0 Å². The van der Waals surface area contributed by atoms with Gasteiger partial charge in [0.2, 0.25) is 0 Å². The molecule has 0 saturated heterocycles. The number of nitrogens with two attached hydrogens (primary N) is 1. The van der Waals surface area contributed by atoms with Crippen molar-refractivity contribution in [2.24, 2.45) is 5.73 Å². The molecule has 1 unspecified atom stereocenters. The van der Waals surface area contributed by atoms with Gasteiger partial charge in [-0.25, -0.2) is 9.36 Å². The SMILES string of the molecule is C/C=C/C=C/C(=O)OCCCCCCCC(=O)O[C@H](COC(=O)CCCCCCCCCCCCCCC)COP(=O)(O)OCCN. The molecule has 11 nitrogen and oxygen atoms in total. The fourth-order valence-electron chi connectivity index (χ4n) is 4.66. The van der Waals surface area contributed by atoms with E-state index < -0.39 is 32.5 Å². The smallest absolute Gasteiger partial charge is 0.463 e. The Bertz CT molecular complexity index is 896. The third-order valence-electron chi connectivity index (χ3n) is 7.31. The number of allylic oxidation sites excluding steroid dienone is 3. The lowest BCUT2D eigenvalue weighted by atomic mass is 10.0. The first-order chi connectivity index (χ1) is 22.7. The number of carbonyl (C=O) groups is 3. The number of unbranched alkanes of at least 4 members (excludes halogenated alkanes) is 16. The first-order valence-corrected chi connectivity index (χ1v) is 19.4. The highest BCUT2D eigenvalue weighted by molar-refractivity contribution is 7.47. The molecule has 0 aromatic heterocycles. The molecule has 12 heteroatoms. The Morgan fingerprint density at radius 3 is 1.77 bits per heavy atom. The molecule has 0 amide bonds. The predicted octanol–water partition coefficient (Wildman–Crippen LogP) is 8.03. The molecule has 274 valence electrons. The van der Waals surface area contributed by atoms with Crippen LogP contribution in [0.25, 0.3) is 0 Å².